The van der Waals surface area contributed by atoms with Crippen molar-refractivity contribution in [2.75, 3.05) is 20.8 Å². The van der Waals surface area contributed by atoms with Gasteiger partial charge in [0.15, 0.2) is 11.5 Å². The van der Waals surface area contributed by atoms with Crippen molar-refractivity contribution in [1.29, 1.82) is 0 Å². The zero-order valence-electron chi connectivity index (χ0n) is 15.7. The van der Waals surface area contributed by atoms with Crippen LogP contribution in [0.2, 0.25) is 0 Å². The highest BCUT2D eigenvalue weighted by atomic mass is 16.5. The van der Waals surface area contributed by atoms with Crippen LogP contribution in [0.5, 0.6) is 11.5 Å². The molecule has 0 saturated heterocycles. The lowest BCUT2D eigenvalue weighted by molar-refractivity contribution is -0.139. The molecular weight excluding hydrogens is 346 g/mol. The van der Waals surface area contributed by atoms with Gasteiger partial charge in [-0.15, -0.1) is 0 Å². The molecule has 0 aliphatic rings. The lowest BCUT2D eigenvalue weighted by Crippen LogP contribution is -2.28. The van der Waals surface area contributed by atoms with Gasteiger partial charge in [0.1, 0.15) is 5.70 Å². The van der Waals surface area contributed by atoms with Crippen molar-refractivity contribution in [1.82, 2.24) is 5.32 Å². The third kappa shape index (κ3) is 5.34. The summed E-state index contributed by atoms with van der Waals surface area (Å²) < 4.78 is 15.9. The average molecular weight is 369 g/mol. The average Bonchev–Trinajstić information content (AvgIpc) is 2.71. The fourth-order valence-corrected chi connectivity index (χ4v) is 2.38. The number of hydrogen-bond acceptors (Lipinski definition) is 5. The first-order valence-electron chi connectivity index (χ1n) is 8.56. The van der Waals surface area contributed by atoms with E-state index in [0.717, 1.165) is 0 Å². The molecule has 142 valence electrons. The fraction of sp³-hybridized carbons (Fsp3) is 0.238. The van der Waals surface area contributed by atoms with E-state index in [4.69, 9.17) is 14.2 Å². The van der Waals surface area contributed by atoms with Crippen LogP contribution in [0, 0.1) is 0 Å². The van der Waals surface area contributed by atoms with Crippen molar-refractivity contribution in [3.8, 4) is 11.5 Å². The number of nitrogens with one attached hydrogen (secondary N) is 1. The Bertz CT molecular complexity index is 815. The molecule has 0 radical (unpaired) electrons. The maximum Gasteiger partial charge on any atom is 0.354 e. The number of hydrogen-bond donors (Lipinski definition) is 1. The number of amides is 1. The molecule has 2 aromatic rings. The molecule has 6 heteroatoms. The van der Waals surface area contributed by atoms with Crippen molar-refractivity contribution < 1.29 is 23.8 Å². The Balaban J connectivity index is 2.39. The predicted octanol–water partition coefficient (Wildman–Crippen LogP) is 3.43. The predicted molar refractivity (Wildman–Crippen MR) is 103 cm³/mol. The number of esters is 1. The Labute approximate surface area is 158 Å². The standard InChI is InChI=1S/C21H23NO5/c1-4-13-27-21(24)17(22-20(23)15-9-6-5-7-10-15)14-16-11-8-12-18(25-2)19(16)26-3/h5-12,14H,4,13H2,1-3H3,(H,22,23). The van der Waals surface area contributed by atoms with Gasteiger partial charge in [-0.25, -0.2) is 4.79 Å². The first-order chi connectivity index (χ1) is 13.1. The zero-order chi connectivity index (χ0) is 19.6. The quantitative estimate of drug-likeness (QED) is 0.570. The SMILES string of the molecule is CCCOC(=O)C(=Cc1cccc(OC)c1OC)NC(=O)c1ccccc1. The van der Waals surface area contributed by atoms with E-state index in [1.807, 2.05) is 13.0 Å². The minimum absolute atomic E-state index is 0.0175. The van der Waals surface area contributed by atoms with Gasteiger partial charge >= 0.3 is 5.97 Å². The van der Waals surface area contributed by atoms with Crippen LogP contribution in [-0.2, 0) is 9.53 Å². The van der Waals surface area contributed by atoms with Crippen molar-refractivity contribution >= 4 is 18.0 Å². The summed E-state index contributed by atoms with van der Waals surface area (Å²) in [5.74, 6) is -0.0557. The Hall–Kier alpha value is -3.28. The lowest BCUT2D eigenvalue weighted by atomic mass is 10.1. The summed E-state index contributed by atoms with van der Waals surface area (Å²) in [6.45, 7) is 2.15. The van der Waals surface area contributed by atoms with E-state index in [1.165, 1.54) is 20.3 Å². The van der Waals surface area contributed by atoms with Crippen molar-refractivity contribution in [2.45, 2.75) is 13.3 Å². The number of benzene rings is 2. The van der Waals surface area contributed by atoms with Crippen LogP contribution in [0.4, 0.5) is 0 Å². The fourth-order valence-electron chi connectivity index (χ4n) is 2.38. The number of para-hydroxylation sites is 1. The Morgan fingerprint density at radius 2 is 1.74 bits per heavy atom. The van der Waals surface area contributed by atoms with E-state index in [9.17, 15) is 9.59 Å². The van der Waals surface area contributed by atoms with Gasteiger partial charge in [-0.2, -0.15) is 0 Å². The summed E-state index contributed by atoms with van der Waals surface area (Å²) in [5.41, 5.74) is 1.03. The molecule has 0 spiro atoms. The van der Waals surface area contributed by atoms with Crippen LogP contribution in [0.15, 0.2) is 54.2 Å². The third-order valence-corrected chi connectivity index (χ3v) is 3.67. The normalized spacial score (nSPS) is 10.9. The number of methoxy groups -OCH3 is 2. The highest BCUT2D eigenvalue weighted by Crippen LogP contribution is 2.32. The van der Waals surface area contributed by atoms with Crippen LogP contribution >= 0.6 is 0 Å². The first-order valence-corrected chi connectivity index (χ1v) is 8.56. The van der Waals surface area contributed by atoms with Crippen LogP contribution in [0.3, 0.4) is 0 Å². The van der Waals surface area contributed by atoms with Crippen LogP contribution in [0.25, 0.3) is 6.08 Å². The van der Waals surface area contributed by atoms with E-state index in [0.29, 0.717) is 29.0 Å². The molecule has 1 amide bonds. The maximum atomic E-state index is 12.5. The molecule has 0 aliphatic heterocycles. The lowest BCUT2D eigenvalue weighted by Gasteiger charge is -2.13. The summed E-state index contributed by atoms with van der Waals surface area (Å²) >= 11 is 0. The molecule has 0 unspecified atom stereocenters. The molecular formula is C21H23NO5. The van der Waals surface area contributed by atoms with Gasteiger partial charge in [-0.1, -0.05) is 37.3 Å². The van der Waals surface area contributed by atoms with E-state index in [1.54, 1.807) is 42.5 Å². The third-order valence-electron chi connectivity index (χ3n) is 3.67. The molecule has 0 aromatic heterocycles. The molecule has 27 heavy (non-hydrogen) atoms. The van der Waals surface area contributed by atoms with Gasteiger partial charge in [0, 0.05) is 11.1 Å². The molecule has 2 aromatic carbocycles. The van der Waals surface area contributed by atoms with Gasteiger partial charge in [0.25, 0.3) is 5.91 Å². The molecule has 0 heterocycles. The summed E-state index contributed by atoms with van der Waals surface area (Å²) in [7, 11) is 3.03. The van der Waals surface area contributed by atoms with Gasteiger partial charge < -0.3 is 19.5 Å². The second kappa shape index (κ2) is 10.0. The number of rotatable bonds is 8. The Kier molecular flexibility index (Phi) is 7.43. The molecule has 0 aliphatic carbocycles. The number of carbonyl (C=O) groups is 2. The Morgan fingerprint density at radius 3 is 2.37 bits per heavy atom. The summed E-state index contributed by atoms with van der Waals surface area (Å²) in [4.78, 5) is 24.9. The maximum absolute atomic E-state index is 12.5. The van der Waals surface area contributed by atoms with Crippen LogP contribution in [0.1, 0.15) is 29.3 Å². The molecule has 1 N–H and O–H groups in total. The van der Waals surface area contributed by atoms with Crippen LogP contribution < -0.4 is 14.8 Å². The van der Waals surface area contributed by atoms with Gasteiger partial charge in [-0.05, 0) is 30.7 Å². The first kappa shape index (κ1) is 20.0. The minimum Gasteiger partial charge on any atom is -0.493 e. The monoisotopic (exact) mass is 369 g/mol. The highest BCUT2D eigenvalue weighted by Gasteiger charge is 2.17. The summed E-state index contributed by atoms with van der Waals surface area (Å²) in [6.07, 6.45) is 2.19. The number of ether oxygens (including phenoxy) is 3. The smallest absolute Gasteiger partial charge is 0.354 e. The molecule has 0 atom stereocenters. The summed E-state index contributed by atoms with van der Waals surface area (Å²) in [5, 5.41) is 2.63. The Morgan fingerprint density at radius 1 is 1.00 bits per heavy atom. The molecule has 0 fully saturated rings. The largest absolute Gasteiger partial charge is 0.493 e. The molecule has 6 nitrogen and oxygen atoms in total. The van der Waals surface area contributed by atoms with Gasteiger partial charge in [-0.3, -0.25) is 4.79 Å². The van der Waals surface area contributed by atoms with Gasteiger partial charge in [0.05, 0.1) is 20.8 Å². The highest BCUT2D eigenvalue weighted by molar-refractivity contribution is 6.03. The topological polar surface area (TPSA) is 73.9 Å². The van der Waals surface area contributed by atoms with Crippen molar-refractivity contribution in [3.63, 3.8) is 0 Å². The van der Waals surface area contributed by atoms with Crippen molar-refractivity contribution in [3.05, 3.63) is 65.4 Å². The van der Waals surface area contributed by atoms with E-state index < -0.39 is 11.9 Å². The minimum atomic E-state index is -0.619. The zero-order valence-corrected chi connectivity index (χ0v) is 15.7. The molecule has 0 bridgehead atoms. The molecule has 0 saturated carbocycles. The van der Waals surface area contributed by atoms with E-state index in [-0.39, 0.29) is 12.3 Å². The van der Waals surface area contributed by atoms with Crippen LogP contribution in [-0.4, -0.2) is 32.7 Å². The number of carbonyl (C=O) groups excluding carboxylic acids is 2. The second-order valence-corrected chi connectivity index (χ2v) is 5.60. The molecule has 2 rings (SSSR count). The summed E-state index contributed by atoms with van der Waals surface area (Å²) in [6, 6.07) is 13.9. The second-order valence-electron chi connectivity index (χ2n) is 5.60. The van der Waals surface area contributed by atoms with Gasteiger partial charge in [0.2, 0.25) is 0 Å². The van der Waals surface area contributed by atoms with Crippen molar-refractivity contribution in [2.24, 2.45) is 0 Å². The van der Waals surface area contributed by atoms with E-state index in [2.05, 4.69) is 5.32 Å². The van der Waals surface area contributed by atoms with E-state index >= 15 is 0 Å².